The maximum Gasteiger partial charge on any atom is 0.229 e. The molecule has 0 saturated carbocycles. The van der Waals surface area contributed by atoms with Crippen molar-refractivity contribution in [2.75, 3.05) is 33.3 Å². The summed E-state index contributed by atoms with van der Waals surface area (Å²) in [5, 5.41) is 7.16. The number of hydrogen-bond acceptors (Lipinski definition) is 6. The molecule has 1 saturated heterocycles. The van der Waals surface area contributed by atoms with E-state index in [2.05, 4.69) is 34.2 Å². The van der Waals surface area contributed by atoms with Gasteiger partial charge in [-0.1, -0.05) is 19.0 Å². The number of rotatable bonds is 5. The Balaban J connectivity index is 1.87. The first-order valence-corrected chi connectivity index (χ1v) is 6.50. The van der Waals surface area contributed by atoms with Crippen LogP contribution in [-0.2, 0) is 11.3 Å². The highest BCUT2D eigenvalue weighted by molar-refractivity contribution is 4.91. The zero-order valence-electron chi connectivity index (χ0n) is 11.3. The Morgan fingerprint density at radius 2 is 2.33 bits per heavy atom. The minimum Gasteiger partial charge on any atom is -0.374 e. The quantitative estimate of drug-likeness (QED) is 0.831. The average Bonchev–Trinajstić information content (AvgIpc) is 2.78. The third-order valence-electron chi connectivity index (χ3n) is 3.00. The fourth-order valence-electron chi connectivity index (χ4n) is 2.04. The van der Waals surface area contributed by atoms with E-state index >= 15 is 0 Å². The van der Waals surface area contributed by atoms with Gasteiger partial charge in [-0.15, -0.1) is 0 Å². The summed E-state index contributed by atoms with van der Waals surface area (Å²) in [5.74, 6) is 1.77. The molecule has 18 heavy (non-hydrogen) atoms. The molecule has 2 rings (SSSR count). The summed E-state index contributed by atoms with van der Waals surface area (Å²) in [6, 6.07) is 0. The number of likely N-dealkylation sites (N-methyl/N-ethyl adjacent to an activating group) is 1. The first kappa shape index (κ1) is 13.5. The lowest BCUT2D eigenvalue weighted by atomic mass is 10.2. The second-order valence-electron chi connectivity index (χ2n) is 4.99. The van der Waals surface area contributed by atoms with E-state index in [1.165, 1.54) is 0 Å². The SMILES string of the molecule is CNCC1CN(Cc2noc(C(C)C)n2)CCO1. The molecule has 1 aliphatic heterocycles. The zero-order valence-corrected chi connectivity index (χ0v) is 11.3. The van der Waals surface area contributed by atoms with Crippen LogP contribution >= 0.6 is 0 Å². The number of ether oxygens (including phenoxy) is 1. The molecule has 0 bridgehead atoms. The minimum atomic E-state index is 0.250. The first-order chi connectivity index (χ1) is 8.69. The van der Waals surface area contributed by atoms with Gasteiger partial charge in [-0.2, -0.15) is 4.98 Å². The van der Waals surface area contributed by atoms with Crippen LogP contribution < -0.4 is 5.32 Å². The Kier molecular flexibility index (Phi) is 4.68. The molecule has 1 aliphatic rings. The third-order valence-corrected chi connectivity index (χ3v) is 3.00. The maximum atomic E-state index is 5.66. The first-order valence-electron chi connectivity index (χ1n) is 6.50. The minimum absolute atomic E-state index is 0.250. The van der Waals surface area contributed by atoms with Crippen LogP contribution in [0.25, 0.3) is 0 Å². The van der Waals surface area contributed by atoms with Crippen molar-refractivity contribution in [1.82, 2.24) is 20.4 Å². The van der Waals surface area contributed by atoms with Gasteiger partial charge in [0.05, 0.1) is 19.3 Å². The van der Waals surface area contributed by atoms with Gasteiger partial charge >= 0.3 is 0 Å². The molecule has 2 heterocycles. The largest absolute Gasteiger partial charge is 0.374 e. The Morgan fingerprint density at radius 1 is 1.50 bits per heavy atom. The van der Waals surface area contributed by atoms with Crippen LogP contribution in [0.15, 0.2) is 4.52 Å². The summed E-state index contributed by atoms with van der Waals surface area (Å²) in [6.07, 6.45) is 0.250. The highest BCUT2D eigenvalue weighted by Crippen LogP contribution is 2.13. The molecule has 0 spiro atoms. The van der Waals surface area contributed by atoms with E-state index in [0.29, 0.717) is 5.89 Å². The van der Waals surface area contributed by atoms with Gasteiger partial charge in [0.25, 0.3) is 0 Å². The summed E-state index contributed by atoms with van der Waals surface area (Å²) in [5.41, 5.74) is 0. The molecule has 1 fully saturated rings. The molecular weight excluding hydrogens is 232 g/mol. The van der Waals surface area contributed by atoms with Crippen molar-refractivity contribution >= 4 is 0 Å². The monoisotopic (exact) mass is 254 g/mol. The van der Waals surface area contributed by atoms with Gasteiger partial charge < -0.3 is 14.6 Å². The predicted molar refractivity (Wildman–Crippen MR) is 67.3 cm³/mol. The lowest BCUT2D eigenvalue weighted by Crippen LogP contribution is -2.45. The number of hydrogen-bond donors (Lipinski definition) is 1. The topological polar surface area (TPSA) is 63.4 Å². The highest BCUT2D eigenvalue weighted by atomic mass is 16.5. The van der Waals surface area contributed by atoms with Gasteiger partial charge in [0.2, 0.25) is 5.89 Å². The van der Waals surface area contributed by atoms with E-state index in [4.69, 9.17) is 9.26 Å². The van der Waals surface area contributed by atoms with Crippen molar-refractivity contribution in [3.63, 3.8) is 0 Å². The van der Waals surface area contributed by atoms with Crippen LogP contribution in [0, 0.1) is 0 Å². The average molecular weight is 254 g/mol. The molecule has 1 atom stereocenters. The van der Waals surface area contributed by atoms with E-state index < -0.39 is 0 Å². The number of nitrogens with one attached hydrogen (secondary N) is 1. The van der Waals surface area contributed by atoms with Crippen LogP contribution in [0.3, 0.4) is 0 Å². The number of morpholine rings is 1. The Labute approximate surface area is 108 Å². The zero-order chi connectivity index (χ0) is 13.0. The van der Waals surface area contributed by atoms with Crippen molar-refractivity contribution in [1.29, 1.82) is 0 Å². The van der Waals surface area contributed by atoms with E-state index in [-0.39, 0.29) is 12.0 Å². The molecule has 0 amide bonds. The standard InChI is InChI=1S/C12H22N4O2/c1-9(2)12-14-11(15-18-12)8-16-4-5-17-10(7-16)6-13-3/h9-10,13H,4-8H2,1-3H3. The Hall–Kier alpha value is -0.980. The molecule has 0 radical (unpaired) electrons. The molecule has 102 valence electrons. The fourth-order valence-corrected chi connectivity index (χ4v) is 2.04. The highest BCUT2D eigenvalue weighted by Gasteiger charge is 2.21. The van der Waals surface area contributed by atoms with E-state index in [0.717, 1.165) is 38.6 Å². The summed E-state index contributed by atoms with van der Waals surface area (Å²) in [6.45, 7) is 8.31. The summed E-state index contributed by atoms with van der Waals surface area (Å²) in [4.78, 5) is 6.71. The Morgan fingerprint density at radius 3 is 3.00 bits per heavy atom. The molecule has 1 N–H and O–H groups in total. The van der Waals surface area contributed by atoms with Gasteiger partial charge in [0.15, 0.2) is 5.82 Å². The van der Waals surface area contributed by atoms with Crippen molar-refractivity contribution in [2.24, 2.45) is 0 Å². The lowest BCUT2D eigenvalue weighted by Gasteiger charge is -2.31. The lowest BCUT2D eigenvalue weighted by molar-refractivity contribution is -0.0300. The fraction of sp³-hybridized carbons (Fsp3) is 0.833. The van der Waals surface area contributed by atoms with E-state index in [1.54, 1.807) is 0 Å². The summed E-state index contributed by atoms with van der Waals surface area (Å²) >= 11 is 0. The second kappa shape index (κ2) is 6.26. The molecule has 6 heteroatoms. The van der Waals surface area contributed by atoms with Crippen molar-refractivity contribution in [2.45, 2.75) is 32.4 Å². The number of nitrogens with zero attached hydrogens (tertiary/aromatic N) is 3. The van der Waals surface area contributed by atoms with E-state index in [1.807, 2.05) is 7.05 Å². The van der Waals surface area contributed by atoms with Crippen molar-refractivity contribution in [3.05, 3.63) is 11.7 Å². The van der Waals surface area contributed by atoms with Crippen LogP contribution in [0.4, 0.5) is 0 Å². The molecule has 0 aliphatic carbocycles. The van der Waals surface area contributed by atoms with Crippen LogP contribution in [-0.4, -0.2) is 54.4 Å². The molecule has 0 aromatic carbocycles. The second-order valence-corrected chi connectivity index (χ2v) is 4.99. The van der Waals surface area contributed by atoms with Crippen LogP contribution in [0.1, 0.15) is 31.5 Å². The van der Waals surface area contributed by atoms with Crippen LogP contribution in [0.2, 0.25) is 0 Å². The maximum absolute atomic E-state index is 5.66. The van der Waals surface area contributed by atoms with Gasteiger partial charge in [0.1, 0.15) is 0 Å². The van der Waals surface area contributed by atoms with Crippen molar-refractivity contribution < 1.29 is 9.26 Å². The molecular formula is C12H22N4O2. The van der Waals surface area contributed by atoms with Gasteiger partial charge in [0, 0.05) is 25.6 Å². The predicted octanol–water partition coefficient (Wildman–Crippen LogP) is 0.613. The van der Waals surface area contributed by atoms with Crippen LogP contribution in [0.5, 0.6) is 0 Å². The van der Waals surface area contributed by atoms with Crippen molar-refractivity contribution in [3.8, 4) is 0 Å². The third kappa shape index (κ3) is 3.51. The molecule has 6 nitrogen and oxygen atoms in total. The summed E-state index contributed by atoms with van der Waals surface area (Å²) in [7, 11) is 1.94. The summed E-state index contributed by atoms with van der Waals surface area (Å²) < 4.78 is 10.9. The number of aromatic nitrogens is 2. The van der Waals surface area contributed by atoms with Gasteiger partial charge in [-0.05, 0) is 7.05 Å². The van der Waals surface area contributed by atoms with Gasteiger partial charge in [-0.25, -0.2) is 0 Å². The Bertz CT molecular complexity index is 365. The van der Waals surface area contributed by atoms with Gasteiger partial charge in [-0.3, -0.25) is 4.90 Å². The molecule has 1 aromatic rings. The van der Waals surface area contributed by atoms with E-state index in [9.17, 15) is 0 Å². The smallest absolute Gasteiger partial charge is 0.229 e. The molecule has 1 unspecified atom stereocenters. The molecule has 1 aromatic heterocycles. The normalized spacial score (nSPS) is 21.7.